The zero-order valence-electron chi connectivity index (χ0n) is 11.0. The van der Waals surface area contributed by atoms with Gasteiger partial charge in [-0.1, -0.05) is 6.92 Å². The molecule has 0 fully saturated rings. The summed E-state index contributed by atoms with van der Waals surface area (Å²) in [5.41, 5.74) is 1.52. The monoisotopic (exact) mass is 284 g/mol. The molecule has 0 aromatic carbocycles. The number of hydrogen-bond donors (Lipinski definition) is 1. The van der Waals surface area contributed by atoms with E-state index in [2.05, 4.69) is 15.3 Å². The Kier molecular flexibility index (Phi) is 3.42. The van der Waals surface area contributed by atoms with Gasteiger partial charge in [0.15, 0.2) is 5.82 Å². The molecule has 0 atom stereocenters. The van der Waals surface area contributed by atoms with Gasteiger partial charge >= 0.3 is 0 Å². The molecule has 0 amide bonds. The summed E-state index contributed by atoms with van der Waals surface area (Å²) in [6, 6.07) is 1.82. The molecule has 2 rings (SSSR count). The van der Waals surface area contributed by atoms with E-state index in [9.17, 15) is 8.42 Å². The van der Waals surface area contributed by atoms with Crippen LogP contribution in [0, 0.1) is 6.92 Å². The van der Waals surface area contributed by atoms with Crippen molar-refractivity contribution in [1.82, 2.24) is 24.5 Å². The molecule has 0 aliphatic carbocycles. The van der Waals surface area contributed by atoms with Gasteiger partial charge in [0, 0.05) is 13.6 Å². The Hall–Kier alpha value is -1.74. The van der Waals surface area contributed by atoms with Crippen LogP contribution in [0.3, 0.4) is 0 Å². The highest BCUT2D eigenvalue weighted by Gasteiger charge is 2.23. The zero-order chi connectivity index (χ0) is 14.2. The molecule has 0 saturated heterocycles. The van der Waals surface area contributed by atoms with Crippen molar-refractivity contribution in [3.05, 3.63) is 11.8 Å². The van der Waals surface area contributed by atoms with Crippen molar-refractivity contribution in [2.24, 2.45) is 12.2 Å². The molecule has 104 valence electrons. The van der Waals surface area contributed by atoms with Gasteiger partial charge < -0.3 is 0 Å². The van der Waals surface area contributed by atoms with E-state index < -0.39 is 10.0 Å². The summed E-state index contributed by atoms with van der Waals surface area (Å²) in [6.45, 7) is 4.26. The van der Waals surface area contributed by atoms with Gasteiger partial charge in [0.2, 0.25) is 0 Å². The summed E-state index contributed by atoms with van der Waals surface area (Å²) in [5.74, 6) is 0.453. The summed E-state index contributed by atoms with van der Waals surface area (Å²) in [5, 5.41) is 16.8. The highest BCUT2D eigenvalue weighted by molar-refractivity contribution is 7.89. The molecule has 9 heteroatoms. The number of primary sulfonamides is 1. The summed E-state index contributed by atoms with van der Waals surface area (Å²) < 4.78 is 26.1. The van der Waals surface area contributed by atoms with E-state index in [0.29, 0.717) is 18.1 Å². The van der Waals surface area contributed by atoms with Crippen LogP contribution in [0.15, 0.2) is 11.2 Å². The summed E-state index contributed by atoms with van der Waals surface area (Å²) in [4.78, 5) is 0. The fourth-order valence-electron chi connectivity index (χ4n) is 1.93. The maximum absolute atomic E-state index is 11.5. The molecule has 2 aromatic rings. The van der Waals surface area contributed by atoms with Gasteiger partial charge in [0.1, 0.15) is 5.69 Å². The Morgan fingerprint density at radius 1 is 1.37 bits per heavy atom. The van der Waals surface area contributed by atoms with Crippen molar-refractivity contribution in [3.63, 3.8) is 0 Å². The van der Waals surface area contributed by atoms with Crippen LogP contribution in [0.5, 0.6) is 0 Å². The first-order chi connectivity index (χ1) is 8.84. The molecule has 19 heavy (non-hydrogen) atoms. The number of aryl methyl sites for hydroxylation is 2. The normalized spacial score (nSPS) is 12.0. The third kappa shape index (κ3) is 2.51. The Morgan fingerprint density at radius 2 is 2.05 bits per heavy atom. The van der Waals surface area contributed by atoms with Crippen molar-refractivity contribution in [3.8, 4) is 11.5 Å². The van der Waals surface area contributed by atoms with Crippen LogP contribution in [0.25, 0.3) is 11.5 Å². The van der Waals surface area contributed by atoms with Gasteiger partial charge in [-0.2, -0.15) is 5.10 Å². The Bertz CT molecular complexity index is 700. The molecule has 0 aliphatic rings. The summed E-state index contributed by atoms with van der Waals surface area (Å²) in [7, 11) is -2.12. The lowest BCUT2D eigenvalue weighted by Gasteiger charge is -2.07. The second-order valence-electron chi connectivity index (χ2n) is 4.30. The van der Waals surface area contributed by atoms with E-state index in [4.69, 9.17) is 5.14 Å². The maximum Gasteiger partial charge on any atom is 0.273 e. The van der Waals surface area contributed by atoms with E-state index in [1.165, 1.54) is 4.57 Å². The van der Waals surface area contributed by atoms with E-state index in [-0.39, 0.29) is 5.16 Å². The van der Waals surface area contributed by atoms with E-state index in [1.807, 2.05) is 19.9 Å². The van der Waals surface area contributed by atoms with Crippen molar-refractivity contribution in [2.75, 3.05) is 0 Å². The van der Waals surface area contributed by atoms with Crippen LogP contribution < -0.4 is 5.14 Å². The number of nitrogens with two attached hydrogens (primary N) is 1. The lowest BCUT2D eigenvalue weighted by atomic mass is 10.3. The molecule has 0 radical (unpaired) electrons. The average Bonchev–Trinajstić information content (AvgIpc) is 2.82. The highest BCUT2D eigenvalue weighted by atomic mass is 32.2. The SMILES string of the molecule is CCCn1c(-c2cc(C)nn2C)nnc1S(N)(=O)=O. The van der Waals surface area contributed by atoms with Crippen LogP contribution in [-0.2, 0) is 23.6 Å². The smallest absolute Gasteiger partial charge is 0.273 e. The van der Waals surface area contributed by atoms with E-state index in [0.717, 1.165) is 12.1 Å². The minimum Gasteiger partial charge on any atom is -0.295 e. The lowest BCUT2D eigenvalue weighted by molar-refractivity contribution is 0.558. The topological polar surface area (TPSA) is 109 Å². The van der Waals surface area contributed by atoms with Crippen molar-refractivity contribution >= 4 is 10.0 Å². The van der Waals surface area contributed by atoms with Crippen molar-refractivity contribution < 1.29 is 8.42 Å². The molecule has 0 aliphatic heterocycles. The van der Waals surface area contributed by atoms with Crippen LogP contribution in [0.1, 0.15) is 19.0 Å². The zero-order valence-corrected chi connectivity index (χ0v) is 11.8. The fourth-order valence-corrected chi connectivity index (χ4v) is 2.57. The lowest BCUT2D eigenvalue weighted by Crippen LogP contribution is -2.19. The minimum absolute atomic E-state index is 0.219. The first kappa shape index (κ1) is 13.7. The quantitative estimate of drug-likeness (QED) is 0.853. The molecule has 0 saturated carbocycles. The highest BCUT2D eigenvalue weighted by Crippen LogP contribution is 2.20. The molecule has 0 spiro atoms. The number of sulfonamides is 1. The predicted octanol–water partition coefficient (Wildman–Crippen LogP) is 0.0444. The molecular weight excluding hydrogens is 268 g/mol. The van der Waals surface area contributed by atoms with Crippen LogP contribution >= 0.6 is 0 Å². The molecule has 0 bridgehead atoms. The van der Waals surface area contributed by atoms with E-state index in [1.54, 1.807) is 11.7 Å². The molecule has 0 unspecified atom stereocenters. The standard InChI is InChI=1S/C10H16N6O2S/c1-4-5-16-9(8-6-7(2)14-15(8)3)12-13-10(16)19(11,17)18/h6H,4-5H2,1-3H3,(H2,11,17,18). The molecule has 2 N–H and O–H groups in total. The van der Waals surface area contributed by atoms with Crippen molar-refractivity contribution in [1.29, 1.82) is 0 Å². The minimum atomic E-state index is -3.89. The molecular formula is C10H16N6O2S. The summed E-state index contributed by atoms with van der Waals surface area (Å²) in [6.07, 6.45) is 0.740. The first-order valence-electron chi connectivity index (χ1n) is 5.81. The Balaban J connectivity index is 2.65. The molecule has 2 heterocycles. The van der Waals surface area contributed by atoms with Crippen LogP contribution in [0.2, 0.25) is 0 Å². The van der Waals surface area contributed by atoms with Gasteiger partial charge in [0.25, 0.3) is 15.2 Å². The number of rotatable bonds is 4. The van der Waals surface area contributed by atoms with Gasteiger partial charge in [-0.05, 0) is 19.4 Å². The molecule has 8 nitrogen and oxygen atoms in total. The second-order valence-corrected chi connectivity index (χ2v) is 5.75. The third-order valence-electron chi connectivity index (χ3n) is 2.65. The van der Waals surface area contributed by atoms with E-state index >= 15 is 0 Å². The van der Waals surface area contributed by atoms with Crippen molar-refractivity contribution in [2.45, 2.75) is 32.0 Å². The Labute approximate surface area is 111 Å². The number of nitrogens with zero attached hydrogens (tertiary/aromatic N) is 5. The average molecular weight is 284 g/mol. The fraction of sp³-hybridized carbons (Fsp3) is 0.500. The predicted molar refractivity (Wildman–Crippen MR) is 68.6 cm³/mol. The number of hydrogen-bond acceptors (Lipinski definition) is 5. The van der Waals surface area contributed by atoms with Gasteiger partial charge in [-0.15, -0.1) is 10.2 Å². The van der Waals surface area contributed by atoms with Gasteiger partial charge in [-0.3, -0.25) is 9.25 Å². The Morgan fingerprint density at radius 3 is 2.53 bits per heavy atom. The van der Waals surface area contributed by atoms with Gasteiger partial charge in [-0.25, -0.2) is 13.6 Å². The van der Waals surface area contributed by atoms with Gasteiger partial charge in [0.05, 0.1) is 5.69 Å². The second kappa shape index (κ2) is 4.74. The molecule has 2 aromatic heterocycles. The maximum atomic E-state index is 11.5. The van der Waals surface area contributed by atoms with Crippen LogP contribution in [-0.4, -0.2) is 33.0 Å². The van der Waals surface area contributed by atoms with Crippen LogP contribution in [0.4, 0.5) is 0 Å². The third-order valence-corrected chi connectivity index (χ3v) is 3.46. The number of aromatic nitrogens is 5. The largest absolute Gasteiger partial charge is 0.295 e. The summed E-state index contributed by atoms with van der Waals surface area (Å²) >= 11 is 0. The first-order valence-corrected chi connectivity index (χ1v) is 7.36.